The predicted molar refractivity (Wildman–Crippen MR) is 53.0 cm³/mol. The first-order valence-corrected chi connectivity index (χ1v) is 4.18. The molecule has 0 aliphatic carbocycles. The second-order valence-corrected chi connectivity index (χ2v) is 3.03. The summed E-state index contributed by atoms with van der Waals surface area (Å²) in [5, 5.41) is 0. The van der Waals surface area contributed by atoms with Crippen LogP contribution in [0.4, 0.5) is 0 Å². The van der Waals surface area contributed by atoms with Crippen molar-refractivity contribution in [3.8, 4) is 0 Å². The zero-order chi connectivity index (χ0) is 9.56. The molecule has 0 saturated carbocycles. The molecular weight excluding hydrogens is 220 g/mol. The quantitative estimate of drug-likeness (QED) is 0.424. The summed E-state index contributed by atoms with van der Waals surface area (Å²) in [6, 6.07) is 0. The topological polar surface area (TPSA) is 26.3 Å². The van der Waals surface area contributed by atoms with Gasteiger partial charge >= 0.3 is 5.97 Å². The van der Waals surface area contributed by atoms with Gasteiger partial charge in [0.2, 0.25) is 0 Å². The Morgan fingerprint density at radius 2 is 2.08 bits per heavy atom. The summed E-state index contributed by atoms with van der Waals surface area (Å²) in [7, 11) is 1.35. The lowest BCUT2D eigenvalue weighted by Crippen LogP contribution is -2.01. The van der Waals surface area contributed by atoms with Crippen molar-refractivity contribution < 1.29 is 9.53 Å². The molecule has 0 aliphatic heterocycles. The molecular formula is C9H11BrO2. The van der Waals surface area contributed by atoms with Crippen molar-refractivity contribution in [2.45, 2.75) is 6.92 Å². The van der Waals surface area contributed by atoms with Gasteiger partial charge in [0, 0.05) is 4.48 Å². The molecule has 0 rings (SSSR count). The van der Waals surface area contributed by atoms with Crippen molar-refractivity contribution >= 4 is 21.9 Å². The molecule has 12 heavy (non-hydrogen) atoms. The van der Waals surface area contributed by atoms with Gasteiger partial charge in [-0.25, -0.2) is 4.79 Å². The average Bonchev–Trinajstić information content (AvgIpc) is 2.04. The second-order valence-electron chi connectivity index (χ2n) is 2.02. The Kier molecular flexibility index (Phi) is 5.37. The third kappa shape index (κ3) is 4.13. The summed E-state index contributed by atoms with van der Waals surface area (Å²) >= 11 is 3.14. The average molecular weight is 231 g/mol. The summed E-state index contributed by atoms with van der Waals surface area (Å²) < 4.78 is 5.25. The molecule has 0 N–H and O–H groups in total. The number of carbonyl (C=O) groups excluding carboxylic acids is 1. The van der Waals surface area contributed by atoms with Crippen LogP contribution < -0.4 is 0 Å². The molecule has 0 amide bonds. The molecule has 0 unspecified atom stereocenters. The summed E-state index contributed by atoms with van der Waals surface area (Å²) in [6.07, 6.45) is 5.01. The van der Waals surface area contributed by atoms with E-state index in [9.17, 15) is 4.79 Å². The van der Waals surface area contributed by atoms with E-state index in [1.165, 1.54) is 7.11 Å². The summed E-state index contributed by atoms with van der Waals surface area (Å²) in [5.41, 5.74) is 0.512. The second kappa shape index (κ2) is 5.77. The van der Waals surface area contributed by atoms with Crippen molar-refractivity contribution in [1.29, 1.82) is 0 Å². The molecule has 0 saturated heterocycles. The molecule has 0 aromatic heterocycles. The van der Waals surface area contributed by atoms with Gasteiger partial charge in [-0.05, 0) is 19.1 Å². The highest BCUT2D eigenvalue weighted by Crippen LogP contribution is 2.06. The number of rotatable bonds is 3. The number of carbonyl (C=O) groups is 1. The van der Waals surface area contributed by atoms with E-state index < -0.39 is 0 Å². The Hall–Kier alpha value is -0.830. The normalized spacial score (nSPS) is 11.8. The van der Waals surface area contributed by atoms with E-state index in [-0.39, 0.29) is 5.97 Å². The lowest BCUT2D eigenvalue weighted by molar-refractivity contribution is -0.135. The highest BCUT2D eigenvalue weighted by atomic mass is 79.9. The maximum absolute atomic E-state index is 11.0. The van der Waals surface area contributed by atoms with Crippen LogP contribution in [-0.2, 0) is 9.53 Å². The minimum absolute atomic E-state index is 0.345. The van der Waals surface area contributed by atoms with Gasteiger partial charge < -0.3 is 4.74 Å². The highest BCUT2D eigenvalue weighted by Gasteiger charge is 2.02. The molecule has 0 aromatic carbocycles. The van der Waals surface area contributed by atoms with E-state index in [2.05, 4.69) is 27.2 Å². The molecule has 0 aliphatic rings. The van der Waals surface area contributed by atoms with Crippen LogP contribution in [0.5, 0.6) is 0 Å². The zero-order valence-electron chi connectivity index (χ0n) is 7.13. The van der Waals surface area contributed by atoms with Gasteiger partial charge in [0.25, 0.3) is 0 Å². The standard InChI is InChI=1S/C9H11BrO2/c1-4-8(9(11)12-3)6-5-7(2)10/h4-6H,2H2,1,3H3/b6-5-,8-4+. The van der Waals surface area contributed by atoms with Gasteiger partial charge in [0.1, 0.15) is 0 Å². The fourth-order valence-electron chi connectivity index (χ4n) is 0.580. The predicted octanol–water partition coefficient (Wildman–Crippen LogP) is 2.57. The molecule has 0 fully saturated rings. The number of ether oxygens (including phenoxy) is 1. The van der Waals surface area contributed by atoms with Crippen molar-refractivity contribution in [3.05, 3.63) is 34.9 Å². The van der Waals surface area contributed by atoms with Crippen LogP contribution in [0.25, 0.3) is 0 Å². The molecule has 0 aromatic rings. The third-order valence-electron chi connectivity index (χ3n) is 1.18. The Morgan fingerprint density at radius 1 is 1.50 bits per heavy atom. The van der Waals surface area contributed by atoms with Crippen LogP contribution in [0.1, 0.15) is 6.92 Å². The van der Waals surface area contributed by atoms with E-state index in [1.54, 1.807) is 25.2 Å². The lowest BCUT2D eigenvalue weighted by Gasteiger charge is -1.97. The smallest absolute Gasteiger partial charge is 0.337 e. The molecule has 0 bridgehead atoms. The van der Waals surface area contributed by atoms with Crippen LogP contribution >= 0.6 is 15.9 Å². The molecule has 2 nitrogen and oxygen atoms in total. The largest absolute Gasteiger partial charge is 0.465 e. The van der Waals surface area contributed by atoms with Crippen molar-refractivity contribution in [2.75, 3.05) is 7.11 Å². The van der Waals surface area contributed by atoms with E-state index in [1.807, 2.05) is 0 Å². The van der Waals surface area contributed by atoms with Crippen molar-refractivity contribution in [3.63, 3.8) is 0 Å². The minimum Gasteiger partial charge on any atom is -0.465 e. The molecule has 66 valence electrons. The number of methoxy groups -OCH3 is 1. The summed E-state index contributed by atoms with van der Waals surface area (Å²) in [5.74, 6) is -0.345. The molecule has 3 heteroatoms. The van der Waals surface area contributed by atoms with Crippen LogP contribution in [0, 0.1) is 0 Å². The molecule has 0 heterocycles. The van der Waals surface area contributed by atoms with E-state index in [0.717, 1.165) is 0 Å². The minimum atomic E-state index is -0.345. The maximum Gasteiger partial charge on any atom is 0.337 e. The van der Waals surface area contributed by atoms with Crippen molar-refractivity contribution in [1.82, 2.24) is 0 Å². The van der Waals surface area contributed by atoms with Crippen LogP contribution in [0.15, 0.2) is 34.9 Å². The Labute approximate surface area is 80.7 Å². The molecule has 0 spiro atoms. The number of hydrogen-bond donors (Lipinski definition) is 0. The van der Waals surface area contributed by atoms with E-state index >= 15 is 0 Å². The lowest BCUT2D eigenvalue weighted by atomic mass is 10.2. The number of halogens is 1. The van der Waals surface area contributed by atoms with Crippen LogP contribution in [-0.4, -0.2) is 13.1 Å². The Balaban J connectivity index is 4.40. The zero-order valence-corrected chi connectivity index (χ0v) is 8.72. The summed E-state index contributed by atoms with van der Waals surface area (Å²) in [6.45, 7) is 5.37. The Bertz CT molecular complexity index is 239. The van der Waals surface area contributed by atoms with Gasteiger partial charge in [-0.3, -0.25) is 0 Å². The van der Waals surface area contributed by atoms with Crippen LogP contribution in [0.2, 0.25) is 0 Å². The highest BCUT2D eigenvalue weighted by molar-refractivity contribution is 9.11. The number of esters is 1. The maximum atomic E-state index is 11.0. The van der Waals surface area contributed by atoms with Crippen molar-refractivity contribution in [2.24, 2.45) is 0 Å². The molecule has 0 radical (unpaired) electrons. The van der Waals surface area contributed by atoms with Crippen LogP contribution in [0.3, 0.4) is 0 Å². The number of hydrogen-bond acceptors (Lipinski definition) is 2. The first-order valence-electron chi connectivity index (χ1n) is 3.39. The third-order valence-corrected chi connectivity index (χ3v) is 1.44. The van der Waals surface area contributed by atoms with Gasteiger partial charge in [-0.2, -0.15) is 0 Å². The Morgan fingerprint density at radius 3 is 2.42 bits per heavy atom. The van der Waals surface area contributed by atoms with Gasteiger partial charge in [0.15, 0.2) is 0 Å². The SMILES string of the molecule is C=C(Br)/C=C\C(=C/C)C(=O)OC. The van der Waals surface area contributed by atoms with Gasteiger partial charge in [-0.1, -0.05) is 28.6 Å². The fourth-order valence-corrected chi connectivity index (χ4v) is 0.712. The fraction of sp³-hybridized carbons (Fsp3) is 0.222. The summed E-state index contributed by atoms with van der Waals surface area (Å²) in [4.78, 5) is 11.0. The first-order chi connectivity index (χ1) is 5.61. The van der Waals surface area contributed by atoms with Gasteiger partial charge in [-0.15, -0.1) is 0 Å². The van der Waals surface area contributed by atoms with Gasteiger partial charge in [0.05, 0.1) is 12.7 Å². The number of allylic oxidation sites excluding steroid dienone is 3. The first kappa shape index (κ1) is 11.2. The van der Waals surface area contributed by atoms with E-state index in [0.29, 0.717) is 10.1 Å². The monoisotopic (exact) mass is 230 g/mol. The van der Waals surface area contributed by atoms with E-state index in [4.69, 9.17) is 0 Å². The molecule has 0 atom stereocenters.